The van der Waals surface area contributed by atoms with Crippen molar-refractivity contribution in [1.82, 2.24) is 0 Å². The monoisotopic (exact) mass is 423 g/mol. The van der Waals surface area contributed by atoms with Crippen molar-refractivity contribution >= 4 is 0 Å². The van der Waals surface area contributed by atoms with Crippen LogP contribution in [0.25, 0.3) is 0 Å². The average molecular weight is 424 g/mol. The predicted molar refractivity (Wildman–Crippen MR) is 118 cm³/mol. The van der Waals surface area contributed by atoms with Gasteiger partial charge >= 0.3 is 0 Å². The van der Waals surface area contributed by atoms with E-state index in [2.05, 4.69) is 0 Å². The first-order valence-electron chi connectivity index (χ1n) is 10.6. The van der Waals surface area contributed by atoms with Crippen LogP contribution in [0, 0.1) is 5.92 Å². The Labute approximate surface area is 181 Å². The fourth-order valence-electron chi connectivity index (χ4n) is 4.61. The van der Waals surface area contributed by atoms with Crippen molar-refractivity contribution in [1.29, 1.82) is 0 Å². The Morgan fingerprint density at radius 3 is 2.03 bits per heavy atom. The van der Waals surface area contributed by atoms with Crippen LogP contribution < -0.4 is 15.2 Å². The molecule has 0 heterocycles. The molecule has 0 spiro atoms. The zero-order valence-corrected chi connectivity index (χ0v) is 17.7. The number of hydrogen-bond donors (Lipinski definition) is 1. The summed E-state index contributed by atoms with van der Waals surface area (Å²) >= 11 is 0. The minimum atomic E-state index is -2.88. The highest BCUT2D eigenvalue weighted by molar-refractivity contribution is 5.47. The second-order valence-electron chi connectivity index (χ2n) is 8.05. The van der Waals surface area contributed by atoms with Gasteiger partial charge in [0.05, 0.1) is 12.0 Å². The van der Waals surface area contributed by atoms with Crippen LogP contribution in [-0.2, 0) is 11.8 Å². The molecule has 1 aliphatic carbocycles. The number of halogens is 2. The third-order valence-corrected chi connectivity index (χ3v) is 6.16. The molecule has 3 nitrogen and oxygen atoms in total. The second-order valence-corrected chi connectivity index (χ2v) is 8.05. The molecule has 5 heteroatoms. The summed E-state index contributed by atoms with van der Waals surface area (Å²) in [4.78, 5) is 0. The minimum absolute atomic E-state index is 0.243. The standard InChI is InChI=1S/C26H27F2NO2/c1-3-30-21-15-11-20(12-16-21)25(18(2)29)24(26(25,27)28)17-19-9-13-23(14-10-19)31-22-7-5-4-6-8-22/h4-16,18,24H,3,17,29H2,1-2H3. The molecule has 162 valence electrons. The van der Waals surface area contributed by atoms with E-state index in [0.717, 1.165) is 11.3 Å². The first-order valence-corrected chi connectivity index (χ1v) is 10.6. The van der Waals surface area contributed by atoms with Crippen molar-refractivity contribution < 1.29 is 18.3 Å². The molecule has 3 unspecified atom stereocenters. The first kappa shape index (κ1) is 21.3. The van der Waals surface area contributed by atoms with Crippen molar-refractivity contribution in [2.45, 2.75) is 37.6 Å². The normalized spacial score (nSPS) is 22.5. The maximum absolute atomic E-state index is 15.2. The molecule has 0 radical (unpaired) electrons. The molecule has 2 N–H and O–H groups in total. The minimum Gasteiger partial charge on any atom is -0.494 e. The van der Waals surface area contributed by atoms with E-state index in [9.17, 15) is 0 Å². The lowest BCUT2D eigenvalue weighted by Crippen LogP contribution is -2.37. The zero-order chi connectivity index (χ0) is 22.1. The van der Waals surface area contributed by atoms with Gasteiger partial charge in [-0.25, -0.2) is 8.78 Å². The average Bonchev–Trinajstić information content (AvgIpc) is 3.26. The largest absolute Gasteiger partial charge is 0.494 e. The molecule has 0 saturated heterocycles. The van der Waals surface area contributed by atoms with Crippen molar-refractivity contribution in [2.75, 3.05) is 6.61 Å². The van der Waals surface area contributed by atoms with Crippen LogP contribution in [0.4, 0.5) is 8.78 Å². The van der Waals surface area contributed by atoms with Crippen LogP contribution in [0.15, 0.2) is 78.9 Å². The number of para-hydroxylation sites is 1. The molecular weight excluding hydrogens is 396 g/mol. The molecule has 1 saturated carbocycles. The fraction of sp³-hybridized carbons (Fsp3) is 0.308. The number of nitrogens with two attached hydrogens (primary N) is 1. The summed E-state index contributed by atoms with van der Waals surface area (Å²) in [5.41, 5.74) is 6.17. The summed E-state index contributed by atoms with van der Waals surface area (Å²) in [5.74, 6) is -1.68. The second kappa shape index (κ2) is 8.31. The number of benzene rings is 3. The Hall–Kier alpha value is -2.92. The Bertz CT molecular complexity index is 1000. The third-order valence-electron chi connectivity index (χ3n) is 6.16. The highest BCUT2D eigenvalue weighted by atomic mass is 19.3. The topological polar surface area (TPSA) is 44.5 Å². The summed E-state index contributed by atoms with van der Waals surface area (Å²) < 4.78 is 41.7. The molecule has 0 bridgehead atoms. The summed E-state index contributed by atoms with van der Waals surface area (Å²) in [7, 11) is 0. The molecule has 4 rings (SSSR count). The molecule has 31 heavy (non-hydrogen) atoms. The van der Waals surface area contributed by atoms with Gasteiger partial charge in [0.2, 0.25) is 0 Å². The quantitative estimate of drug-likeness (QED) is 0.485. The van der Waals surface area contributed by atoms with Gasteiger partial charge in [-0.05, 0) is 67.8 Å². The lowest BCUT2D eigenvalue weighted by molar-refractivity contribution is 0.0714. The Kier molecular flexibility index (Phi) is 5.71. The predicted octanol–water partition coefficient (Wildman–Crippen LogP) is 5.97. The lowest BCUT2D eigenvalue weighted by Gasteiger charge is -2.22. The maximum atomic E-state index is 15.2. The highest BCUT2D eigenvalue weighted by Crippen LogP contribution is 2.69. The van der Waals surface area contributed by atoms with Gasteiger partial charge in [0.1, 0.15) is 17.2 Å². The van der Waals surface area contributed by atoms with Gasteiger partial charge < -0.3 is 15.2 Å². The van der Waals surface area contributed by atoms with Crippen molar-refractivity contribution in [2.24, 2.45) is 11.7 Å². The SMILES string of the molecule is CCOc1ccc(C2(C(C)N)C(Cc3ccc(Oc4ccccc4)cc3)C2(F)F)cc1. The number of ether oxygens (including phenoxy) is 2. The molecular formula is C26H27F2NO2. The number of rotatable bonds is 8. The molecule has 1 fully saturated rings. The number of hydrogen-bond acceptors (Lipinski definition) is 3. The first-order chi connectivity index (χ1) is 14.9. The van der Waals surface area contributed by atoms with E-state index in [1.807, 2.05) is 61.5 Å². The molecule has 0 amide bonds. The van der Waals surface area contributed by atoms with E-state index >= 15 is 8.78 Å². The van der Waals surface area contributed by atoms with E-state index in [0.29, 0.717) is 23.7 Å². The van der Waals surface area contributed by atoms with Crippen LogP contribution in [-0.4, -0.2) is 18.6 Å². The Morgan fingerprint density at radius 2 is 1.45 bits per heavy atom. The van der Waals surface area contributed by atoms with Gasteiger partial charge in [-0.2, -0.15) is 0 Å². The van der Waals surface area contributed by atoms with E-state index in [1.165, 1.54) is 0 Å². The molecule has 3 aromatic rings. The Balaban J connectivity index is 1.53. The summed E-state index contributed by atoms with van der Waals surface area (Å²) in [6, 6.07) is 23.0. The van der Waals surface area contributed by atoms with Gasteiger partial charge in [0.15, 0.2) is 0 Å². The van der Waals surface area contributed by atoms with Crippen molar-refractivity contribution in [3.8, 4) is 17.2 Å². The van der Waals surface area contributed by atoms with Crippen molar-refractivity contribution in [3.63, 3.8) is 0 Å². The lowest BCUT2D eigenvalue weighted by atomic mass is 9.85. The molecule has 3 atom stereocenters. The van der Waals surface area contributed by atoms with Crippen LogP contribution in [0.2, 0.25) is 0 Å². The van der Waals surface area contributed by atoms with Crippen LogP contribution in [0.5, 0.6) is 17.2 Å². The van der Waals surface area contributed by atoms with Crippen molar-refractivity contribution in [3.05, 3.63) is 90.0 Å². The van der Waals surface area contributed by atoms with E-state index in [-0.39, 0.29) is 6.42 Å². The van der Waals surface area contributed by atoms with Gasteiger partial charge in [-0.15, -0.1) is 0 Å². The van der Waals surface area contributed by atoms with E-state index in [4.69, 9.17) is 15.2 Å². The molecule has 0 aliphatic heterocycles. The fourth-order valence-corrected chi connectivity index (χ4v) is 4.61. The summed E-state index contributed by atoms with van der Waals surface area (Å²) in [6.45, 7) is 4.08. The molecule has 3 aromatic carbocycles. The summed E-state index contributed by atoms with van der Waals surface area (Å²) in [5, 5.41) is 0. The highest BCUT2D eigenvalue weighted by Gasteiger charge is 2.81. The van der Waals surface area contributed by atoms with Crippen LogP contribution in [0.3, 0.4) is 0 Å². The molecule has 0 aromatic heterocycles. The van der Waals surface area contributed by atoms with Gasteiger partial charge in [-0.1, -0.05) is 42.5 Å². The maximum Gasteiger partial charge on any atom is 0.263 e. The van der Waals surface area contributed by atoms with Gasteiger partial charge in [0.25, 0.3) is 5.92 Å². The van der Waals surface area contributed by atoms with Gasteiger partial charge in [-0.3, -0.25) is 0 Å². The molecule has 1 aliphatic rings. The third kappa shape index (κ3) is 3.79. The van der Waals surface area contributed by atoms with Crippen LogP contribution in [0.1, 0.15) is 25.0 Å². The van der Waals surface area contributed by atoms with Crippen LogP contribution >= 0.6 is 0 Å². The van der Waals surface area contributed by atoms with E-state index < -0.39 is 23.3 Å². The van der Waals surface area contributed by atoms with Gasteiger partial charge in [0, 0.05) is 12.0 Å². The smallest absolute Gasteiger partial charge is 0.263 e. The van der Waals surface area contributed by atoms with E-state index in [1.54, 1.807) is 31.2 Å². The number of alkyl halides is 2. The summed E-state index contributed by atoms with van der Waals surface area (Å²) in [6.07, 6.45) is 0.243. The Morgan fingerprint density at radius 1 is 0.871 bits per heavy atom. The zero-order valence-electron chi connectivity index (χ0n) is 17.7.